The fraction of sp³-hybridized carbons (Fsp3) is 0.312. The molecule has 0 fully saturated rings. The van der Waals surface area contributed by atoms with Crippen LogP contribution in [0, 0.1) is 6.92 Å². The smallest absolute Gasteiger partial charge is 0.222 e. The van der Waals surface area contributed by atoms with Gasteiger partial charge in [-0.25, -0.2) is 4.98 Å². The van der Waals surface area contributed by atoms with Gasteiger partial charge in [-0.05, 0) is 42.2 Å². The van der Waals surface area contributed by atoms with Crippen molar-refractivity contribution < 1.29 is 4.74 Å². The highest BCUT2D eigenvalue weighted by Crippen LogP contribution is 2.25. The van der Waals surface area contributed by atoms with Crippen molar-refractivity contribution in [3.8, 4) is 11.6 Å². The Morgan fingerprint density at radius 3 is 2.42 bits per heavy atom. The van der Waals surface area contributed by atoms with E-state index < -0.39 is 0 Å². The average molecular weight is 276 g/mol. The average Bonchev–Trinajstić information content (AvgIpc) is 2.41. The summed E-state index contributed by atoms with van der Waals surface area (Å²) in [4.78, 5) is 4.30. The van der Waals surface area contributed by atoms with Gasteiger partial charge in [0.25, 0.3) is 0 Å². The highest BCUT2D eigenvalue weighted by Gasteiger charge is 2.05. The molecule has 0 saturated carbocycles. The molecular formula is C16H18ClNO. The van der Waals surface area contributed by atoms with E-state index in [-0.39, 0.29) is 0 Å². The number of aromatic nitrogens is 1. The SMILES string of the molecule is Cc1cc(CCl)cnc1Oc1ccc(C(C)C)cc1. The number of rotatable bonds is 4. The minimum Gasteiger partial charge on any atom is -0.439 e. The van der Waals surface area contributed by atoms with Gasteiger partial charge in [-0.3, -0.25) is 0 Å². The Hall–Kier alpha value is -1.54. The van der Waals surface area contributed by atoms with E-state index in [0.717, 1.165) is 16.9 Å². The van der Waals surface area contributed by atoms with Crippen molar-refractivity contribution in [2.24, 2.45) is 0 Å². The predicted molar refractivity (Wildman–Crippen MR) is 79.1 cm³/mol. The van der Waals surface area contributed by atoms with Crippen molar-refractivity contribution in [2.75, 3.05) is 0 Å². The lowest BCUT2D eigenvalue weighted by molar-refractivity contribution is 0.458. The van der Waals surface area contributed by atoms with Crippen LogP contribution in [0.5, 0.6) is 11.6 Å². The number of hydrogen-bond acceptors (Lipinski definition) is 2. The summed E-state index contributed by atoms with van der Waals surface area (Å²) in [7, 11) is 0. The van der Waals surface area contributed by atoms with Crippen LogP contribution in [-0.2, 0) is 5.88 Å². The zero-order valence-corrected chi connectivity index (χ0v) is 12.2. The molecule has 0 aliphatic heterocycles. The van der Waals surface area contributed by atoms with Crippen LogP contribution in [0.1, 0.15) is 36.5 Å². The number of halogens is 1. The maximum atomic E-state index is 5.79. The molecule has 0 N–H and O–H groups in total. The highest BCUT2D eigenvalue weighted by atomic mass is 35.5. The van der Waals surface area contributed by atoms with Crippen LogP contribution >= 0.6 is 11.6 Å². The number of alkyl halides is 1. The molecule has 2 aromatic rings. The Kier molecular flexibility index (Phi) is 4.43. The standard InChI is InChI=1S/C16H18ClNO/c1-11(2)14-4-6-15(7-5-14)19-16-12(3)8-13(9-17)10-18-16/h4-8,10-11H,9H2,1-3H3. The molecule has 0 bridgehead atoms. The topological polar surface area (TPSA) is 22.1 Å². The number of hydrogen-bond donors (Lipinski definition) is 0. The van der Waals surface area contributed by atoms with Crippen molar-refractivity contribution in [1.82, 2.24) is 4.98 Å². The minimum absolute atomic E-state index is 0.469. The zero-order chi connectivity index (χ0) is 13.8. The number of benzene rings is 1. The van der Waals surface area contributed by atoms with Gasteiger partial charge in [0.2, 0.25) is 5.88 Å². The van der Waals surface area contributed by atoms with E-state index in [1.165, 1.54) is 5.56 Å². The van der Waals surface area contributed by atoms with Crippen LogP contribution < -0.4 is 4.74 Å². The molecule has 100 valence electrons. The van der Waals surface area contributed by atoms with Gasteiger partial charge in [-0.15, -0.1) is 11.6 Å². The van der Waals surface area contributed by atoms with Gasteiger partial charge >= 0.3 is 0 Å². The molecule has 0 saturated heterocycles. The van der Waals surface area contributed by atoms with E-state index in [1.807, 2.05) is 25.1 Å². The Balaban J connectivity index is 2.16. The molecule has 0 unspecified atom stereocenters. The van der Waals surface area contributed by atoms with E-state index in [9.17, 15) is 0 Å². The molecule has 2 nitrogen and oxygen atoms in total. The number of aryl methyl sites for hydroxylation is 1. The van der Waals surface area contributed by atoms with Crippen LogP contribution in [-0.4, -0.2) is 4.98 Å². The third-order valence-corrected chi connectivity index (χ3v) is 3.31. The van der Waals surface area contributed by atoms with Gasteiger partial charge in [0.1, 0.15) is 5.75 Å². The highest BCUT2D eigenvalue weighted by molar-refractivity contribution is 6.17. The summed E-state index contributed by atoms with van der Waals surface area (Å²) in [5.41, 5.74) is 3.29. The van der Waals surface area contributed by atoms with Crippen LogP contribution in [0.3, 0.4) is 0 Å². The summed E-state index contributed by atoms with van der Waals surface area (Å²) in [6.07, 6.45) is 1.75. The summed E-state index contributed by atoms with van der Waals surface area (Å²) < 4.78 is 5.79. The third kappa shape index (κ3) is 3.48. The minimum atomic E-state index is 0.469. The molecular weight excluding hydrogens is 258 g/mol. The molecule has 0 radical (unpaired) electrons. The second-order valence-corrected chi connectivity index (χ2v) is 5.19. The van der Waals surface area contributed by atoms with Crippen LogP contribution in [0.15, 0.2) is 36.5 Å². The van der Waals surface area contributed by atoms with Gasteiger partial charge < -0.3 is 4.74 Å². The lowest BCUT2D eigenvalue weighted by Gasteiger charge is -2.10. The van der Waals surface area contributed by atoms with Gasteiger partial charge in [0, 0.05) is 17.6 Å². The van der Waals surface area contributed by atoms with Crippen LogP contribution in [0.25, 0.3) is 0 Å². The second kappa shape index (κ2) is 6.07. The first-order valence-electron chi connectivity index (χ1n) is 6.39. The summed E-state index contributed by atoms with van der Waals surface area (Å²) in [6.45, 7) is 6.32. The predicted octanol–water partition coefficient (Wildman–Crippen LogP) is 5.04. The molecule has 1 aromatic carbocycles. The van der Waals surface area contributed by atoms with Crippen molar-refractivity contribution in [2.45, 2.75) is 32.6 Å². The second-order valence-electron chi connectivity index (χ2n) is 4.93. The van der Waals surface area contributed by atoms with Crippen molar-refractivity contribution >= 4 is 11.6 Å². The van der Waals surface area contributed by atoms with E-state index in [2.05, 4.69) is 31.0 Å². The number of nitrogens with zero attached hydrogens (tertiary/aromatic N) is 1. The third-order valence-electron chi connectivity index (χ3n) is 3.00. The summed E-state index contributed by atoms with van der Waals surface area (Å²) >= 11 is 5.78. The van der Waals surface area contributed by atoms with Crippen molar-refractivity contribution in [1.29, 1.82) is 0 Å². The van der Waals surface area contributed by atoms with Crippen LogP contribution in [0.4, 0.5) is 0 Å². The summed E-state index contributed by atoms with van der Waals surface area (Å²) in [5.74, 6) is 2.43. The molecule has 19 heavy (non-hydrogen) atoms. The van der Waals surface area contributed by atoms with Gasteiger partial charge in [0.05, 0.1) is 0 Å². The molecule has 0 atom stereocenters. The Morgan fingerprint density at radius 1 is 1.21 bits per heavy atom. The normalized spacial score (nSPS) is 10.8. The van der Waals surface area contributed by atoms with E-state index in [0.29, 0.717) is 17.7 Å². The Labute approximate surface area is 119 Å². The lowest BCUT2D eigenvalue weighted by atomic mass is 10.0. The molecule has 0 spiro atoms. The number of ether oxygens (including phenoxy) is 1. The largest absolute Gasteiger partial charge is 0.439 e. The first-order valence-corrected chi connectivity index (χ1v) is 6.93. The molecule has 3 heteroatoms. The molecule has 2 rings (SSSR count). The molecule has 1 heterocycles. The Morgan fingerprint density at radius 2 is 1.89 bits per heavy atom. The lowest BCUT2D eigenvalue weighted by Crippen LogP contribution is -1.94. The van der Waals surface area contributed by atoms with Gasteiger partial charge in [0.15, 0.2) is 0 Å². The fourth-order valence-corrected chi connectivity index (χ4v) is 1.98. The molecule has 0 aliphatic carbocycles. The summed E-state index contributed by atoms with van der Waals surface area (Å²) in [6, 6.07) is 10.1. The quantitative estimate of drug-likeness (QED) is 0.729. The fourth-order valence-electron chi connectivity index (χ4n) is 1.83. The molecule has 0 aliphatic rings. The first-order chi connectivity index (χ1) is 9.10. The van der Waals surface area contributed by atoms with E-state index >= 15 is 0 Å². The zero-order valence-electron chi connectivity index (χ0n) is 11.5. The molecule has 1 aromatic heterocycles. The Bertz CT molecular complexity index is 549. The number of pyridine rings is 1. The monoisotopic (exact) mass is 275 g/mol. The van der Waals surface area contributed by atoms with Gasteiger partial charge in [-0.1, -0.05) is 26.0 Å². The van der Waals surface area contributed by atoms with Crippen LogP contribution in [0.2, 0.25) is 0 Å². The van der Waals surface area contributed by atoms with Gasteiger partial charge in [-0.2, -0.15) is 0 Å². The van der Waals surface area contributed by atoms with Crippen molar-refractivity contribution in [3.05, 3.63) is 53.2 Å². The van der Waals surface area contributed by atoms with E-state index in [1.54, 1.807) is 6.20 Å². The maximum absolute atomic E-state index is 5.79. The maximum Gasteiger partial charge on any atom is 0.222 e. The van der Waals surface area contributed by atoms with E-state index in [4.69, 9.17) is 16.3 Å². The first kappa shape index (κ1) is 13.9. The summed E-state index contributed by atoms with van der Waals surface area (Å²) in [5, 5.41) is 0. The molecule has 0 amide bonds. The van der Waals surface area contributed by atoms with Crippen molar-refractivity contribution in [3.63, 3.8) is 0 Å².